The number of thiazole rings is 1. The molecule has 2 nitrogen and oxygen atoms in total. The molecule has 0 saturated heterocycles. The topological polar surface area (TPSA) is 24.9 Å². The second-order valence-corrected chi connectivity index (χ2v) is 4.86. The van der Waals surface area contributed by atoms with Crippen molar-refractivity contribution in [3.8, 4) is 0 Å². The Bertz CT molecular complexity index is 279. The minimum Gasteiger partial charge on any atom is -0.305 e. The van der Waals surface area contributed by atoms with Crippen LogP contribution in [-0.4, -0.2) is 11.5 Å². The predicted molar refractivity (Wildman–Crippen MR) is 60.5 cm³/mol. The van der Waals surface area contributed by atoms with Crippen LogP contribution in [-0.2, 0) is 5.54 Å². The largest absolute Gasteiger partial charge is 0.305 e. The van der Waals surface area contributed by atoms with Crippen molar-refractivity contribution in [3.05, 3.63) is 16.6 Å². The lowest BCUT2D eigenvalue weighted by Gasteiger charge is -2.32. The molecule has 1 aromatic heterocycles. The van der Waals surface area contributed by atoms with Crippen molar-refractivity contribution in [2.75, 3.05) is 6.54 Å². The summed E-state index contributed by atoms with van der Waals surface area (Å²) >= 11 is 1.79. The molecule has 0 spiro atoms. The zero-order valence-corrected chi connectivity index (χ0v) is 9.73. The van der Waals surface area contributed by atoms with Crippen molar-refractivity contribution in [1.29, 1.82) is 0 Å². The molecule has 1 aliphatic carbocycles. The summed E-state index contributed by atoms with van der Waals surface area (Å²) in [6, 6.07) is 0. The summed E-state index contributed by atoms with van der Waals surface area (Å²) < 4.78 is 0. The summed E-state index contributed by atoms with van der Waals surface area (Å²) in [4.78, 5) is 4.50. The quantitative estimate of drug-likeness (QED) is 0.808. The minimum absolute atomic E-state index is 0.183. The Balaban J connectivity index is 2.27. The average Bonchev–Trinajstić information content (AvgIpc) is 2.91. The first kappa shape index (κ1) is 10.1. The summed E-state index contributed by atoms with van der Waals surface area (Å²) in [6.07, 6.45) is 5.80. The van der Waals surface area contributed by atoms with Gasteiger partial charge in [-0.05, 0) is 31.7 Å². The molecule has 0 amide bonds. The van der Waals surface area contributed by atoms with Crippen molar-refractivity contribution in [3.63, 3.8) is 0 Å². The Morgan fingerprint density at radius 1 is 1.57 bits per heavy atom. The number of aromatic nitrogens is 1. The molecule has 1 unspecified atom stereocenters. The Morgan fingerprint density at radius 3 is 2.79 bits per heavy atom. The summed E-state index contributed by atoms with van der Waals surface area (Å²) in [5.41, 5.74) is 0.183. The lowest BCUT2D eigenvalue weighted by Crippen LogP contribution is -2.43. The van der Waals surface area contributed by atoms with E-state index in [1.165, 1.54) is 17.8 Å². The lowest BCUT2D eigenvalue weighted by molar-refractivity contribution is 0.281. The van der Waals surface area contributed by atoms with E-state index in [9.17, 15) is 0 Å². The number of hydrogen-bond donors (Lipinski definition) is 1. The first-order valence-corrected chi connectivity index (χ1v) is 6.36. The molecule has 1 heterocycles. The van der Waals surface area contributed by atoms with E-state index in [0.717, 1.165) is 18.9 Å². The van der Waals surface area contributed by atoms with Gasteiger partial charge in [-0.2, -0.15) is 0 Å². The zero-order valence-electron chi connectivity index (χ0n) is 8.92. The van der Waals surface area contributed by atoms with Gasteiger partial charge in [-0.3, -0.25) is 0 Å². The Morgan fingerprint density at radius 2 is 2.36 bits per heavy atom. The average molecular weight is 210 g/mol. The molecule has 3 heteroatoms. The van der Waals surface area contributed by atoms with Crippen LogP contribution in [0.15, 0.2) is 11.6 Å². The highest BCUT2D eigenvalue weighted by molar-refractivity contribution is 7.09. The first-order chi connectivity index (χ1) is 6.83. The van der Waals surface area contributed by atoms with Crippen LogP contribution in [0.1, 0.15) is 38.1 Å². The maximum Gasteiger partial charge on any atom is 0.113 e. The van der Waals surface area contributed by atoms with Gasteiger partial charge < -0.3 is 5.32 Å². The van der Waals surface area contributed by atoms with E-state index in [1.807, 2.05) is 6.20 Å². The van der Waals surface area contributed by atoms with Gasteiger partial charge in [-0.15, -0.1) is 11.3 Å². The molecule has 1 aliphatic rings. The summed E-state index contributed by atoms with van der Waals surface area (Å²) in [5.74, 6) is 0.818. The van der Waals surface area contributed by atoms with Crippen LogP contribution in [0.25, 0.3) is 0 Å². The summed E-state index contributed by atoms with van der Waals surface area (Å²) in [7, 11) is 0. The summed E-state index contributed by atoms with van der Waals surface area (Å²) in [6.45, 7) is 5.48. The van der Waals surface area contributed by atoms with Gasteiger partial charge >= 0.3 is 0 Å². The smallest absolute Gasteiger partial charge is 0.113 e. The van der Waals surface area contributed by atoms with E-state index in [0.29, 0.717) is 0 Å². The highest BCUT2D eigenvalue weighted by atomic mass is 32.1. The van der Waals surface area contributed by atoms with Crippen LogP contribution in [0.4, 0.5) is 0 Å². The Hall–Kier alpha value is -0.410. The number of nitrogens with one attached hydrogen (secondary N) is 1. The van der Waals surface area contributed by atoms with E-state index in [-0.39, 0.29) is 5.54 Å². The monoisotopic (exact) mass is 210 g/mol. The zero-order chi connectivity index (χ0) is 10.0. The van der Waals surface area contributed by atoms with Gasteiger partial charge in [0.15, 0.2) is 0 Å². The molecule has 14 heavy (non-hydrogen) atoms. The molecule has 78 valence electrons. The van der Waals surface area contributed by atoms with Gasteiger partial charge in [0.25, 0.3) is 0 Å². The van der Waals surface area contributed by atoms with Gasteiger partial charge in [0.1, 0.15) is 5.01 Å². The van der Waals surface area contributed by atoms with Crippen molar-refractivity contribution >= 4 is 11.3 Å². The molecular formula is C11H18N2S. The molecule has 1 aromatic rings. The molecule has 1 fully saturated rings. The van der Waals surface area contributed by atoms with Gasteiger partial charge in [-0.1, -0.05) is 13.8 Å². The molecule has 1 atom stereocenters. The van der Waals surface area contributed by atoms with Crippen LogP contribution in [0.5, 0.6) is 0 Å². The molecule has 1 N–H and O–H groups in total. The fraction of sp³-hybridized carbons (Fsp3) is 0.727. The minimum atomic E-state index is 0.183. The summed E-state index contributed by atoms with van der Waals surface area (Å²) in [5, 5.41) is 7.02. The van der Waals surface area contributed by atoms with E-state index >= 15 is 0 Å². The third kappa shape index (κ3) is 1.59. The normalized spacial score (nSPS) is 20.7. The first-order valence-electron chi connectivity index (χ1n) is 5.48. The van der Waals surface area contributed by atoms with E-state index < -0.39 is 0 Å². The second-order valence-electron chi connectivity index (χ2n) is 3.97. The van der Waals surface area contributed by atoms with Crippen LogP contribution >= 0.6 is 11.3 Å². The molecule has 0 radical (unpaired) electrons. The van der Waals surface area contributed by atoms with Crippen LogP contribution in [0, 0.1) is 5.92 Å². The van der Waals surface area contributed by atoms with Gasteiger partial charge in [-0.25, -0.2) is 4.98 Å². The molecule has 0 aromatic carbocycles. The highest BCUT2D eigenvalue weighted by Crippen LogP contribution is 2.48. The van der Waals surface area contributed by atoms with Crippen molar-refractivity contribution < 1.29 is 0 Å². The van der Waals surface area contributed by atoms with Gasteiger partial charge in [0, 0.05) is 11.6 Å². The van der Waals surface area contributed by atoms with Crippen LogP contribution in [0.2, 0.25) is 0 Å². The Kier molecular flexibility index (Phi) is 2.88. The molecular weight excluding hydrogens is 192 g/mol. The van der Waals surface area contributed by atoms with Crippen LogP contribution < -0.4 is 5.32 Å². The third-order valence-electron chi connectivity index (χ3n) is 3.14. The SMILES string of the molecule is CCNC(CC)(c1nccs1)C1CC1. The fourth-order valence-electron chi connectivity index (χ4n) is 2.29. The maximum absolute atomic E-state index is 4.50. The van der Waals surface area contributed by atoms with E-state index in [1.54, 1.807) is 11.3 Å². The van der Waals surface area contributed by atoms with Crippen molar-refractivity contribution in [2.24, 2.45) is 5.92 Å². The van der Waals surface area contributed by atoms with E-state index in [4.69, 9.17) is 0 Å². The van der Waals surface area contributed by atoms with Gasteiger partial charge in [0.05, 0.1) is 5.54 Å². The lowest BCUT2D eigenvalue weighted by atomic mass is 9.90. The van der Waals surface area contributed by atoms with Gasteiger partial charge in [0.2, 0.25) is 0 Å². The third-order valence-corrected chi connectivity index (χ3v) is 4.09. The molecule has 0 bridgehead atoms. The number of hydrogen-bond acceptors (Lipinski definition) is 3. The number of nitrogens with zero attached hydrogens (tertiary/aromatic N) is 1. The predicted octanol–water partition coefficient (Wildman–Crippen LogP) is 2.77. The van der Waals surface area contributed by atoms with E-state index in [2.05, 4.69) is 29.5 Å². The fourth-order valence-corrected chi connectivity index (χ4v) is 3.26. The highest BCUT2D eigenvalue weighted by Gasteiger charge is 2.46. The standard InChI is InChI=1S/C11H18N2S/c1-3-11(13-4-2,9-5-6-9)10-12-7-8-14-10/h7-9,13H,3-6H2,1-2H3. The molecule has 2 rings (SSSR count). The van der Waals surface area contributed by atoms with Crippen LogP contribution in [0.3, 0.4) is 0 Å². The number of rotatable bonds is 5. The second kappa shape index (κ2) is 3.99. The maximum atomic E-state index is 4.50. The van der Waals surface area contributed by atoms with Crippen molar-refractivity contribution in [2.45, 2.75) is 38.6 Å². The van der Waals surface area contributed by atoms with Crippen molar-refractivity contribution in [1.82, 2.24) is 10.3 Å². The Labute approximate surface area is 89.8 Å². The molecule has 1 saturated carbocycles. The molecule has 0 aliphatic heterocycles.